The molecule has 27 heavy (non-hydrogen) atoms. The van der Waals surface area contributed by atoms with Gasteiger partial charge in [-0.25, -0.2) is 13.2 Å². The van der Waals surface area contributed by atoms with Crippen LogP contribution in [0, 0.1) is 17.5 Å². The number of rotatable bonds is 3. The van der Waals surface area contributed by atoms with Crippen molar-refractivity contribution in [2.75, 3.05) is 26.2 Å². The lowest BCUT2D eigenvalue weighted by atomic mass is 10.1. The Balaban J connectivity index is 1.57. The molecular formula is C19H16BrF3N2O2. The molecule has 0 aliphatic carbocycles. The summed E-state index contributed by atoms with van der Waals surface area (Å²) in [5, 5.41) is 0. The van der Waals surface area contributed by atoms with E-state index in [2.05, 4.69) is 15.9 Å². The highest BCUT2D eigenvalue weighted by molar-refractivity contribution is 9.10. The van der Waals surface area contributed by atoms with Crippen LogP contribution in [0.25, 0.3) is 0 Å². The summed E-state index contributed by atoms with van der Waals surface area (Å²) >= 11 is 3.09. The van der Waals surface area contributed by atoms with Gasteiger partial charge in [0.15, 0.2) is 11.6 Å². The summed E-state index contributed by atoms with van der Waals surface area (Å²) in [6.45, 7) is 1.29. The van der Waals surface area contributed by atoms with Gasteiger partial charge in [-0.1, -0.05) is 6.07 Å². The number of nitrogens with zero attached hydrogens (tertiary/aromatic N) is 2. The fourth-order valence-electron chi connectivity index (χ4n) is 2.91. The standard InChI is InChI=1S/C19H16BrF3N2O2/c20-14-9-12(1-3-15(14)21)10-18(26)24-5-7-25(8-6-24)19(27)13-2-4-16(22)17(23)11-13/h1-4,9,11H,5-8,10H2. The third-order valence-corrected chi connectivity index (χ3v) is 5.03. The van der Waals surface area contributed by atoms with Crippen molar-refractivity contribution in [2.24, 2.45) is 0 Å². The first-order valence-electron chi connectivity index (χ1n) is 8.31. The van der Waals surface area contributed by atoms with E-state index < -0.39 is 23.4 Å². The third kappa shape index (κ3) is 4.50. The molecule has 0 radical (unpaired) electrons. The lowest BCUT2D eigenvalue weighted by molar-refractivity contribution is -0.131. The van der Waals surface area contributed by atoms with E-state index in [1.807, 2.05) is 0 Å². The Morgan fingerprint density at radius 2 is 1.48 bits per heavy atom. The minimum absolute atomic E-state index is 0.0739. The maximum atomic E-state index is 13.3. The van der Waals surface area contributed by atoms with Gasteiger partial charge in [-0.05, 0) is 51.8 Å². The zero-order valence-corrected chi connectivity index (χ0v) is 15.8. The summed E-state index contributed by atoms with van der Waals surface area (Å²) < 4.78 is 39.9. The molecule has 0 bridgehead atoms. The topological polar surface area (TPSA) is 40.6 Å². The van der Waals surface area contributed by atoms with Crippen molar-refractivity contribution < 1.29 is 22.8 Å². The fourth-order valence-corrected chi connectivity index (χ4v) is 3.33. The number of hydrogen-bond acceptors (Lipinski definition) is 2. The first-order chi connectivity index (χ1) is 12.8. The van der Waals surface area contributed by atoms with Gasteiger partial charge in [0.1, 0.15) is 5.82 Å². The SMILES string of the molecule is O=C(Cc1ccc(F)c(Br)c1)N1CCN(C(=O)c2ccc(F)c(F)c2)CC1. The van der Waals surface area contributed by atoms with Crippen molar-refractivity contribution in [3.8, 4) is 0 Å². The van der Waals surface area contributed by atoms with Crippen molar-refractivity contribution in [1.82, 2.24) is 9.80 Å². The maximum absolute atomic E-state index is 13.3. The van der Waals surface area contributed by atoms with E-state index in [4.69, 9.17) is 0 Å². The molecule has 0 saturated carbocycles. The van der Waals surface area contributed by atoms with Crippen LogP contribution in [0.1, 0.15) is 15.9 Å². The van der Waals surface area contributed by atoms with Crippen LogP contribution in [0.4, 0.5) is 13.2 Å². The molecule has 4 nitrogen and oxygen atoms in total. The lowest BCUT2D eigenvalue weighted by Crippen LogP contribution is -2.51. The second-order valence-electron chi connectivity index (χ2n) is 6.23. The third-order valence-electron chi connectivity index (χ3n) is 4.43. The molecule has 3 rings (SSSR count). The van der Waals surface area contributed by atoms with E-state index in [1.165, 1.54) is 17.0 Å². The molecule has 142 valence electrons. The van der Waals surface area contributed by atoms with E-state index in [0.717, 1.165) is 12.1 Å². The summed E-state index contributed by atoms with van der Waals surface area (Å²) in [4.78, 5) is 27.9. The highest BCUT2D eigenvalue weighted by atomic mass is 79.9. The molecule has 0 unspecified atom stereocenters. The number of halogens is 4. The highest BCUT2D eigenvalue weighted by Gasteiger charge is 2.25. The van der Waals surface area contributed by atoms with Gasteiger partial charge in [-0.3, -0.25) is 9.59 Å². The van der Waals surface area contributed by atoms with Crippen LogP contribution in [0.5, 0.6) is 0 Å². The number of amides is 2. The Kier molecular flexibility index (Phi) is 5.84. The molecule has 1 heterocycles. The van der Waals surface area contributed by atoms with E-state index in [9.17, 15) is 22.8 Å². The highest BCUT2D eigenvalue weighted by Crippen LogP contribution is 2.18. The normalized spacial score (nSPS) is 14.4. The molecule has 0 aromatic heterocycles. The van der Waals surface area contributed by atoms with E-state index in [1.54, 1.807) is 17.0 Å². The van der Waals surface area contributed by atoms with Gasteiger partial charge >= 0.3 is 0 Å². The second-order valence-corrected chi connectivity index (χ2v) is 7.08. The minimum atomic E-state index is -1.07. The molecule has 1 aliphatic rings. The molecule has 0 N–H and O–H groups in total. The Labute approximate surface area is 162 Å². The quantitative estimate of drug-likeness (QED) is 0.733. The molecule has 2 aromatic carbocycles. The predicted octanol–water partition coefficient (Wildman–Crippen LogP) is 3.39. The number of benzene rings is 2. The van der Waals surface area contributed by atoms with Crippen LogP contribution in [0.3, 0.4) is 0 Å². The number of hydrogen-bond donors (Lipinski definition) is 0. The van der Waals surface area contributed by atoms with Crippen LogP contribution in [-0.2, 0) is 11.2 Å². The van der Waals surface area contributed by atoms with Crippen LogP contribution >= 0.6 is 15.9 Å². The van der Waals surface area contributed by atoms with Crippen LogP contribution < -0.4 is 0 Å². The first kappa shape index (κ1) is 19.4. The Morgan fingerprint density at radius 3 is 2.11 bits per heavy atom. The van der Waals surface area contributed by atoms with Gasteiger partial charge in [-0.15, -0.1) is 0 Å². The molecule has 0 atom stereocenters. The van der Waals surface area contributed by atoms with Crippen molar-refractivity contribution in [3.63, 3.8) is 0 Å². The number of carbonyl (C=O) groups is 2. The van der Waals surface area contributed by atoms with Crippen LogP contribution in [0.15, 0.2) is 40.9 Å². The van der Waals surface area contributed by atoms with Crippen LogP contribution in [-0.4, -0.2) is 47.8 Å². The van der Waals surface area contributed by atoms with Gasteiger partial charge < -0.3 is 9.80 Å². The number of carbonyl (C=O) groups excluding carboxylic acids is 2. The molecular weight excluding hydrogens is 425 g/mol. The van der Waals surface area contributed by atoms with Crippen molar-refractivity contribution >= 4 is 27.7 Å². The van der Waals surface area contributed by atoms with Crippen molar-refractivity contribution in [1.29, 1.82) is 0 Å². The van der Waals surface area contributed by atoms with Crippen LogP contribution in [0.2, 0.25) is 0 Å². The monoisotopic (exact) mass is 440 g/mol. The van der Waals surface area contributed by atoms with Gasteiger partial charge in [-0.2, -0.15) is 0 Å². The Morgan fingerprint density at radius 1 is 0.852 bits per heavy atom. The summed E-state index contributed by atoms with van der Waals surface area (Å²) in [5.74, 6) is -2.98. The van der Waals surface area contributed by atoms with E-state index in [-0.39, 0.29) is 17.9 Å². The number of piperazine rings is 1. The lowest BCUT2D eigenvalue weighted by Gasteiger charge is -2.35. The maximum Gasteiger partial charge on any atom is 0.254 e. The molecule has 0 spiro atoms. The molecule has 1 aliphatic heterocycles. The first-order valence-corrected chi connectivity index (χ1v) is 9.10. The van der Waals surface area contributed by atoms with Gasteiger partial charge in [0.25, 0.3) is 5.91 Å². The largest absolute Gasteiger partial charge is 0.339 e. The Hall–Kier alpha value is -2.35. The summed E-state index contributed by atoms with van der Waals surface area (Å²) in [7, 11) is 0. The zero-order chi connectivity index (χ0) is 19.6. The average molecular weight is 441 g/mol. The van der Waals surface area contributed by atoms with Crippen molar-refractivity contribution in [3.05, 3.63) is 69.4 Å². The molecule has 8 heteroatoms. The summed E-state index contributed by atoms with van der Waals surface area (Å²) in [6, 6.07) is 7.46. The predicted molar refractivity (Wildman–Crippen MR) is 96.6 cm³/mol. The fraction of sp³-hybridized carbons (Fsp3) is 0.263. The summed E-state index contributed by atoms with van der Waals surface area (Å²) in [6.07, 6.45) is 0.135. The molecule has 2 amide bonds. The minimum Gasteiger partial charge on any atom is -0.339 e. The molecule has 1 fully saturated rings. The molecule has 2 aromatic rings. The van der Waals surface area contributed by atoms with E-state index in [0.29, 0.717) is 36.2 Å². The van der Waals surface area contributed by atoms with Crippen molar-refractivity contribution in [2.45, 2.75) is 6.42 Å². The van der Waals surface area contributed by atoms with Gasteiger partial charge in [0, 0.05) is 31.7 Å². The van der Waals surface area contributed by atoms with E-state index >= 15 is 0 Å². The smallest absolute Gasteiger partial charge is 0.254 e. The molecule has 1 saturated heterocycles. The zero-order valence-electron chi connectivity index (χ0n) is 14.2. The average Bonchev–Trinajstić information content (AvgIpc) is 2.66. The van der Waals surface area contributed by atoms with Gasteiger partial charge in [0.05, 0.1) is 10.9 Å². The summed E-state index contributed by atoms with van der Waals surface area (Å²) in [5.41, 5.74) is 0.762. The second kappa shape index (κ2) is 8.12. The van der Waals surface area contributed by atoms with Gasteiger partial charge in [0.2, 0.25) is 5.91 Å². The Bertz CT molecular complexity index is 883.